The van der Waals surface area contributed by atoms with Gasteiger partial charge in [-0.1, -0.05) is 17.3 Å². The van der Waals surface area contributed by atoms with E-state index in [-0.39, 0.29) is 11.9 Å². The van der Waals surface area contributed by atoms with Gasteiger partial charge in [0.2, 0.25) is 0 Å². The number of hydrogen-bond donors (Lipinski definition) is 1. The van der Waals surface area contributed by atoms with Gasteiger partial charge in [-0.3, -0.25) is 4.79 Å². The summed E-state index contributed by atoms with van der Waals surface area (Å²) < 4.78 is 5.18. The number of benzene rings is 1. The largest absolute Gasteiger partial charge is 0.384 e. The average Bonchev–Trinajstić information content (AvgIpc) is 3.30. The molecule has 1 aromatic carbocycles. The Morgan fingerprint density at radius 1 is 1.27 bits per heavy atom. The van der Waals surface area contributed by atoms with Crippen molar-refractivity contribution in [3.05, 3.63) is 59.7 Å². The number of carbonyl (C=O) groups is 1. The molecule has 0 bridgehead atoms. The fourth-order valence-electron chi connectivity index (χ4n) is 3.37. The first-order valence-electron chi connectivity index (χ1n) is 8.54. The van der Waals surface area contributed by atoms with Crippen LogP contribution in [-0.2, 0) is 0 Å². The van der Waals surface area contributed by atoms with E-state index in [1.54, 1.807) is 6.07 Å². The third-order valence-electron chi connectivity index (χ3n) is 4.59. The van der Waals surface area contributed by atoms with Crippen LogP contribution in [0.15, 0.2) is 47.2 Å². The highest BCUT2D eigenvalue weighted by Crippen LogP contribution is 2.33. The van der Waals surface area contributed by atoms with Crippen molar-refractivity contribution in [3.8, 4) is 11.3 Å². The summed E-state index contributed by atoms with van der Waals surface area (Å²) in [7, 11) is 0. The molecule has 1 fully saturated rings. The molecule has 1 atom stereocenters. The summed E-state index contributed by atoms with van der Waals surface area (Å²) in [4.78, 5) is 23.1. The van der Waals surface area contributed by atoms with Gasteiger partial charge in [0, 0.05) is 29.8 Å². The summed E-state index contributed by atoms with van der Waals surface area (Å²) in [5, 5.41) is 4.10. The molecule has 1 amide bonds. The standard InChI is InChI=1S/C19H19N5O2/c1-12-8-16(23-26-12)17-6-3-7-24(17)19(25)14-5-2-4-13(9-14)15-10-18(20)22-11-21-15/h2,4-5,8-11,17H,3,6-7H2,1H3,(H2,20,21,22). The Morgan fingerprint density at radius 2 is 2.15 bits per heavy atom. The first-order chi connectivity index (χ1) is 12.6. The molecule has 132 valence electrons. The van der Waals surface area contributed by atoms with Crippen LogP contribution >= 0.6 is 0 Å². The van der Waals surface area contributed by atoms with Crippen LogP contribution in [0, 0.1) is 6.92 Å². The number of nitrogens with zero attached hydrogens (tertiary/aromatic N) is 4. The minimum Gasteiger partial charge on any atom is -0.384 e. The zero-order chi connectivity index (χ0) is 18.1. The maximum absolute atomic E-state index is 13.1. The van der Waals surface area contributed by atoms with Crippen LogP contribution in [0.1, 0.15) is 40.7 Å². The molecule has 0 radical (unpaired) electrons. The van der Waals surface area contributed by atoms with Crippen molar-refractivity contribution in [1.82, 2.24) is 20.0 Å². The van der Waals surface area contributed by atoms with Crippen LogP contribution in [0.4, 0.5) is 5.82 Å². The molecule has 0 saturated carbocycles. The van der Waals surface area contributed by atoms with E-state index in [9.17, 15) is 4.79 Å². The van der Waals surface area contributed by atoms with Crippen molar-refractivity contribution < 1.29 is 9.32 Å². The first kappa shape index (κ1) is 16.3. The van der Waals surface area contributed by atoms with Gasteiger partial charge in [0.25, 0.3) is 5.91 Å². The highest BCUT2D eigenvalue weighted by atomic mass is 16.5. The molecule has 0 aliphatic carbocycles. The molecule has 1 saturated heterocycles. The SMILES string of the molecule is Cc1cc(C2CCCN2C(=O)c2cccc(-c3cc(N)ncn3)c2)no1. The Hall–Kier alpha value is -3.22. The van der Waals surface area contributed by atoms with E-state index >= 15 is 0 Å². The lowest BCUT2D eigenvalue weighted by Gasteiger charge is -2.23. The Kier molecular flexibility index (Phi) is 4.12. The number of hydrogen-bond acceptors (Lipinski definition) is 6. The van der Waals surface area contributed by atoms with Crippen LogP contribution in [0.25, 0.3) is 11.3 Å². The molecule has 1 unspecified atom stereocenters. The van der Waals surface area contributed by atoms with Gasteiger partial charge in [0.15, 0.2) is 0 Å². The van der Waals surface area contributed by atoms with Crippen LogP contribution < -0.4 is 5.73 Å². The zero-order valence-electron chi connectivity index (χ0n) is 14.4. The predicted octanol–water partition coefficient (Wildman–Crippen LogP) is 3.00. The second-order valence-electron chi connectivity index (χ2n) is 6.43. The van der Waals surface area contributed by atoms with Gasteiger partial charge >= 0.3 is 0 Å². The predicted molar refractivity (Wildman–Crippen MR) is 96.1 cm³/mol. The lowest BCUT2D eigenvalue weighted by molar-refractivity contribution is 0.0731. The van der Waals surface area contributed by atoms with Crippen molar-refractivity contribution >= 4 is 11.7 Å². The number of nitrogens with two attached hydrogens (primary N) is 1. The number of amides is 1. The van der Waals surface area contributed by atoms with Crippen LogP contribution in [0.2, 0.25) is 0 Å². The average molecular weight is 349 g/mol. The summed E-state index contributed by atoms with van der Waals surface area (Å²) in [6.07, 6.45) is 3.26. The number of anilines is 1. The van der Waals surface area contributed by atoms with Gasteiger partial charge < -0.3 is 15.2 Å². The van der Waals surface area contributed by atoms with Crippen LogP contribution in [-0.4, -0.2) is 32.5 Å². The molecular weight excluding hydrogens is 330 g/mol. The van der Waals surface area contributed by atoms with E-state index < -0.39 is 0 Å². The number of likely N-dealkylation sites (tertiary alicyclic amines) is 1. The van der Waals surface area contributed by atoms with Gasteiger partial charge in [-0.15, -0.1) is 0 Å². The fraction of sp³-hybridized carbons (Fsp3) is 0.263. The molecule has 4 rings (SSSR count). The van der Waals surface area contributed by atoms with E-state index in [1.165, 1.54) is 6.33 Å². The first-order valence-corrected chi connectivity index (χ1v) is 8.54. The Bertz CT molecular complexity index is 952. The summed E-state index contributed by atoms with van der Waals surface area (Å²) in [5.41, 5.74) is 8.69. The zero-order valence-corrected chi connectivity index (χ0v) is 14.4. The summed E-state index contributed by atoms with van der Waals surface area (Å²) in [5.74, 6) is 1.13. The van der Waals surface area contributed by atoms with Crippen molar-refractivity contribution in [3.63, 3.8) is 0 Å². The molecule has 1 aliphatic heterocycles. The molecule has 2 N–H and O–H groups in total. The van der Waals surface area contributed by atoms with Gasteiger partial charge in [-0.25, -0.2) is 9.97 Å². The molecule has 3 aromatic rings. The van der Waals surface area contributed by atoms with Gasteiger partial charge in [-0.2, -0.15) is 0 Å². The van der Waals surface area contributed by atoms with E-state index in [1.807, 2.05) is 42.2 Å². The molecule has 7 nitrogen and oxygen atoms in total. The van der Waals surface area contributed by atoms with Crippen LogP contribution in [0.5, 0.6) is 0 Å². The van der Waals surface area contributed by atoms with Gasteiger partial charge in [-0.05, 0) is 31.9 Å². The molecule has 26 heavy (non-hydrogen) atoms. The van der Waals surface area contributed by atoms with Crippen LogP contribution in [0.3, 0.4) is 0 Å². The normalized spacial score (nSPS) is 16.8. The highest BCUT2D eigenvalue weighted by molar-refractivity contribution is 5.95. The Morgan fingerprint density at radius 3 is 2.92 bits per heavy atom. The number of nitrogen functional groups attached to an aromatic ring is 1. The quantitative estimate of drug-likeness (QED) is 0.780. The number of carbonyl (C=O) groups excluding carboxylic acids is 1. The van der Waals surface area contributed by atoms with Crippen molar-refractivity contribution in [2.24, 2.45) is 0 Å². The van der Waals surface area contributed by atoms with Crippen molar-refractivity contribution in [2.75, 3.05) is 12.3 Å². The van der Waals surface area contributed by atoms with Gasteiger partial charge in [0.1, 0.15) is 23.6 Å². The lowest BCUT2D eigenvalue weighted by Crippen LogP contribution is -2.30. The molecule has 7 heteroatoms. The Balaban J connectivity index is 1.63. The number of aryl methyl sites for hydroxylation is 1. The van der Waals surface area contributed by atoms with E-state index in [0.29, 0.717) is 23.6 Å². The molecule has 3 heterocycles. The smallest absolute Gasteiger partial charge is 0.254 e. The van der Waals surface area contributed by atoms with E-state index in [2.05, 4.69) is 15.1 Å². The molecular formula is C19H19N5O2. The summed E-state index contributed by atoms with van der Waals surface area (Å²) in [6.45, 7) is 2.56. The summed E-state index contributed by atoms with van der Waals surface area (Å²) in [6, 6.07) is 11.0. The van der Waals surface area contributed by atoms with Crippen molar-refractivity contribution in [1.29, 1.82) is 0 Å². The van der Waals surface area contributed by atoms with E-state index in [0.717, 1.165) is 29.9 Å². The lowest BCUT2D eigenvalue weighted by atomic mass is 10.1. The summed E-state index contributed by atoms with van der Waals surface area (Å²) >= 11 is 0. The third kappa shape index (κ3) is 3.03. The maximum Gasteiger partial charge on any atom is 0.254 e. The second kappa shape index (κ2) is 6.59. The molecule has 1 aliphatic rings. The molecule has 0 spiro atoms. The highest BCUT2D eigenvalue weighted by Gasteiger charge is 2.32. The van der Waals surface area contributed by atoms with Crippen molar-refractivity contribution in [2.45, 2.75) is 25.8 Å². The number of rotatable bonds is 3. The maximum atomic E-state index is 13.1. The number of aromatic nitrogens is 3. The van der Waals surface area contributed by atoms with Gasteiger partial charge in [0.05, 0.1) is 11.7 Å². The van der Waals surface area contributed by atoms with E-state index in [4.69, 9.17) is 10.3 Å². The fourth-order valence-corrected chi connectivity index (χ4v) is 3.37. The second-order valence-corrected chi connectivity index (χ2v) is 6.43. The molecule has 2 aromatic heterocycles. The minimum atomic E-state index is -0.0432. The minimum absolute atomic E-state index is 0.0166. The Labute approximate surface area is 150 Å². The third-order valence-corrected chi connectivity index (χ3v) is 4.59. The topological polar surface area (TPSA) is 98.1 Å². The monoisotopic (exact) mass is 349 g/mol.